The Balaban J connectivity index is 1.70. The summed E-state index contributed by atoms with van der Waals surface area (Å²) < 4.78 is 12.8. The predicted octanol–water partition coefficient (Wildman–Crippen LogP) is 4.14. The van der Waals surface area contributed by atoms with Gasteiger partial charge in [0.05, 0.1) is 11.0 Å². The van der Waals surface area contributed by atoms with E-state index in [0.717, 1.165) is 22.4 Å². The number of alkyl carbamates (subject to hydrolysis) is 1. The molecule has 3 aromatic rings. The Morgan fingerprint density at radius 1 is 1.06 bits per heavy atom. The van der Waals surface area contributed by atoms with Crippen molar-refractivity contribution >= 4 is 23.1 Å². The van der Waals surface area contributed by atoms with Gasteiger partial charge in [-0.15, -0.1) is 0 Å². The summed E-state index contributed by atoms with van der Waals surface area (Å²) in [6.45, 7) is 5.46. The molecule has 1 heterocycles. The number of para-hydroxylation sites is 2. The summed E-state index contributed by atoms with van der Waals surface area (Å²) in [7, 11) is 1.94. The van der Waals surface area contributed by atoms with E-state index in [0.29, 0.717) is 12.8 Å². The second-order valence-corrected chi connectivity index (χ2v) is 8.41. The summed E-state index contributed by atoms with van der Waals surface area (Å²) in [6.07, 6.45) is 0.176. The lowest BCUT2D eigenvalue weighted by Gasteiger charge is -2.23. The Kier molecular flexibility index (Phi) is 6.95. The van der Waals surface area contributed by atoms with Crippen molar-refractivity contribution in [2.45, 2.75) is 51.9 Å². The van der Waals surface area contributed by atoms with Crippen LogP contribution in [0.25, 0.3) is 11.0 Å². The normalized spacial score (nSPS) is 12.4. The molecular formula is C24H29N3O4. The van der Waals surface area contributed by atoms with E-state index in [-0.39, 0.29) is 6.61 Å². The van der Waals surface area contributed by atoms with Gasteiger partial charge in [0.25, 0.3) is 0 Å². The highest BCUT2D eigenvalue weighted by Crippen LogP contribution is 2.16. The molecule has 0 radical (unpaired) electrons. The van der Waals surface area contributed by atoms with Crippen LogP contribution in [0.5, 0.6) is 0 Å². The number of nitrogens with zero attached hydrogens (tertiary/aromatic N) is 2. The maximum Gasteiger partial charge on any atom is 0.408 e. The molecule has 2 aromatic carbocycles. The molecule has 0 saturated heterocycles. The number of aromatic nitrogens is 2. The summed E-state index contributed by atoms with van der Waals surface area (Å²) >= 11 is 0. The second-order valence-electron chi connectivity index (χ2n) is 8.41. The van der Waals surface area contributed by atoms with E-state index in [1.807, 2.05) is 66.2 Å². The number of nitrogens with one attached hydrogen (secondary N) is 1. The molecule has 7 heteroatoms. The zero-order chi connectivity index (χ0) is 22.4. The number of aryl methyl sites for hydroxylation is 2. The number of rotatable bonds is 7. The standard InChI is InChI=1S/C24H29N3O4/c1-24(2,3)31-23(29)26-19(22(28)30-16-17-10-6-5-7-11-17)14-15-21-25-18-12-8-9-13-20(18)27(21)4/h5-13,19H,14-16H2,1-4H3,(H,26,29). The molecule has 0 aliphatic rings. The SMILES string of the molecule is Cn1c(CCC(NC(=O)OC(C)(C)C)C(=O)OCc2ccccc2)nc2ccccc21. The summed E-state index contributed by atoms with van der Waals surface area (Å²) in [5.74, 6) is 0.321. The highest BCUT2D eigenvalue weighted by Gasteiger charge is 2.26. The largest absolute Gasteiger partial charge is 0.459 e. The zero-order valence-corrected chi connectivity index (χ0v) is 18.4. The third-order valence-electron chi connectivity index (χ3n) is 4.74. The number of esters is 1. The molecule has 0 bridgehead atoms. The summed E-state index contributed by atoms with van der Waals surface area (Å²) in [4.78, 5) is 29.7. The summed E-state index contributed by atoms with van der Waals surface area (Å²) in [6, 6.07) is 16.4. The molecule has 1 aromatic heterocycles. The molecule has 0 fully saturated rings. The highest BCUT2D eigenvalue weighted by molar-refractivity contribution is 5.81. The first-order valence-electron chi connectivity index (χ1n) is 10.3. The van der Waals surface area contributed by atoms with Crippen molar-refractivity contribution in [3.05, 3.63) is 66.0 Å². The van der Waals surface area contributed by atoms with Crippen LogP contribution >= 0.6 is 0 Å². The van der Waals surface area contributed by atoms with E-state index >= 15 is 0 Å². The van der Waals surface area contributed by atoms with Gasteiger partial charge in [0.15, 0.2) is 0 Å². The molecule has 7 nitrogen and oxygen atoms in total. The molecule has 164 valence electrons. The van der Waals surface area contributed by atoms with E-state index in [1.54, 1.807) is 20.8 Å². The Morgan fingerprint density at radius 3 is 2.42 bits per heavy atom. The molecule has 3 rings (SSSR count). The number of fused-ring (bicyclic) bond motifs is 1. The zero-order valence-electron chi connectivity index (χ0n) is 18.4. The van der Waals surface area contributed by atoms with Crippen LogP contribution in [0.15, 0.2) is 54.6 Å². The van der Waals surface area contributed by atoms with Gasteiger partial charge in [-0.25, -0.2) is 14.6 Å². The molecule has 1 atom stereocenters. The van der Waals surface area contributed by atoms with Gasteiger partial charge in [-0.2, -0.15) is 0 Å². The molecule has 31 heavy (non-hydrogen) atoms. The Labute approximate surface area is 182 Å². The highest BCUT2D eigenvalue weighted by atomic mass is 16.6. The number of carbonyl (C=O) groups is 2. The van der Waals surface area contributed by atoms with Crippen molar-refractivity contribution in [2.24, 2.45) is 7.05 Å². The molecule has 1 N–H and O–H groups in total. The first kappa shape index (κ1) is 22.3. The fourth-order valence-corrected chi connectivity index (χ4v) is 3.22. The maximum absolute atomic E-state index is 12.8. The van der Waals surface area contributed by atoms with Crippen molar-refractivity contribution in [2.75, 3.05) is 0 Å². The number of hydrogen-bond donors (Lipinski definition) is 1. The number of ether oxygens (including phenoxy) is 2. The maximum atomic E-state index is 12.8. The predicted molar refractivity (Wildman–Crippen MR) is 118 cm³/mol. The van der Waals surface area contributed by atoms with Crippen molar-refractivity contribution < 1.29 is 19.1 Å². The molecule has 1 unspecified atom stereocenters. The number of amides is 1. The van der Waals surface area contributed by atoms with Crippen LogP contribution in [0.4, 0.5) is 4.79 Å². The van der Waals surface area contributed by atoms with Gasteiger partial charge in [-0.3, -0.25) is 0 Å². The van der Waals surface area contributed by atoms with Gasteiger partial charge in [0, 0.05) is 13.5 Å². The fraction of sp³-hybridized carbons (Fsp3) is 0.375. The quantitative estimate of drug-likeness (QED) is 0.578. The Bertz CT molecular complexity index is 1040. The van der Waals surface area contributed by atoms with Crippen molar-refractivity contribution in [3.8, 4) is 0 Å². The minimum Gasteiger partial charge on any atom is -0.459 e. The lowest BCUT2D eigenvalue weighted by molar-refractivity contribution is -0.147. The van der Waals surface area contributed by atoms with Gasteiger partial charge in [0.1, 0.15) is 24.1 Å². The fourth-order valence-electron chi connectivity index (χ4n) is 3.22. The van der Waals surface area contributed by atoms with E-state index in [4.69, 9.17) is 9.47 Å². The minimum absolute atomic E-state index is 0.137. The van der Waals surface area contributed by atoms with Crippen LogP contribution < -0.4 is 5.32 Å². The lowest BCUT2D eigenvalue weighted by Crippen LogP contribution is -2.44. The van der Waals surface area contributed by atoms with Crippen LogP contribution in [0.1, 0.15) is 38.6 Å². The molecule has 0 aliphatic carbocycles. The van der Waals surface area contributed by atoms with Crippen LogP contribution in [-0.4, -0.2) is 33.3 Å². The Hall–Kier alpha value is -3.35. The second kappa shape index (κ2) is 9.64. The van der Waals surface area contributed by atoms with Gasteiger partial charge in [0.2, 0.25) is 0 Å². The van der Waals surface area contributed by atoms with Crippen LogP contribution in [-0.2, 0) is 34.3 Å². The number of imidazole rings is 1. The van der Waals surface area contributed by atoms with Gasteiger partial charge in [-0.1, -0.05) is 42.5 Å². The van der Waals surface area contributed by atoms with Crippen LogP contribution in [0, 0.1) is 0 Å². The van der Waals surface area contributed by atoms with E-state index in [9.17, 15) is 9.59 Å². The van der Waals surface area contributed by atoms with Gasteiger partial charge >= 0.3 is 12.1 Å². The number of benzene rings is 2. The average Bonchev–Trinajstić information content (AvgIpc) is 3.04. The van der Waals surface area contributed by atoms with E-state index in [2.05, 4.69) is 10.3 Å². The first-order chi connectivity index (χ1) is 14.7. The summed E-state index contributed by atoms with van der Waals surface area (Å²) in [5, 5.41) is 2.66. The monoisotopic (exact) mass is 423 g/mol. The minimum atomic E-state index is -0.849. The van der Waals surface area contributed by atoms with Crippen molar-refractivity contribution in [1.82, 2.24) is 14.9 Å². The van der Waals surface area contributed by atoms with Gasteiger partial charge < -0.3 is 19.4 Å². The number of carbonyl (C=O) groups excluding carboxylic acids is 2. The van der Waals surface area contributed by atoms with Crippen LogP contribution in [0.3, 0.4) is 0 Å². The Morgan fingerprint density at radius 2 is 1.74 bits per heavy atom. The molecule has 1 amide bonds. The van der Waals surface area contributed by atoms with Crippen LogP contribution in [0.2, 0.25) is 0 Å². The molecule has 0 aliphatic heterocycles. The van der Waals surface area contributed by atoms with E-state index in [1.165, 1.54) is 0 Å². The number of hydrogen-bond acceptors (Lipinski definition) is 5. The summed E-state index contributed by atoms with van der Waals surface area (Å²) in [5.41, 5.74) is 2.12. The topological polar surface area (TPSA) is 82.5 Å². The van der Waals surface area contributed by atoms with Gasteiger partial charge in [-0.05, 0) is 44.9 Å². The smallest absolute Gasteiger partial charge is 0.408 e. The molecule has 0 saturated carbocycles. The van der Waals surface area contributed by atoms with E-state index < -0.39 is 23.7 Å². The average molecular weight is 424 g/mol. The molecular weight excluding hydrogens is 394 g/mol. The molecule has 0 spiro atoms. The lowest BCUT2D eigenvalue weighted by atomic mass is 10.1. The third-order valence-corrected chi connectivity index (χ3v) is 4.74. The van der Waals surface area contributed by atoms with Crippen molar-refractivity contribution in [1.29, 1.82) is 0 Å². The third kappa shape index (κ3) is 6.31. The van der Waals surface area contributed by atoms with Crippen molar-refractivity contribution in [3.63, 3.8) is 0 Å². The first-order valence-corrected chi connectivity index (χ1v) is 10.3.